The van der Waals surface area contributed by atoms with Gasteiger partial charge in [0.05, 0.1) is 11.4 Å². The summed E-state index contributed by atoms with van der Waals surface area (Å²) in [6, 6.07) is 1.41. The molecule has 1 rings (SSSR count). The molecule has 0 amide bonds. The third-order valence-electron chi connectivity index (χ3n) is 2.02. The Hall–Kier alpha value is -0.990. The number of hydrogen-bond acceptors (Lipinski definition) is 3. The SMILES string of the molecule is CCNCc1cc(S(=O)(=O)NCC(F)F)c[nH]1. The minimum Gasteiger partial charge on any atom is -0.363 e. The Kier molecular flexibility index (Phi) is 5.03. The Bertz CT molecular complexity index is 445. The van der Waals surface area contributed by atoms with Crippen LogP contribution in [0.5, 0.6) is 0 Å². The molecule has 1 heterocycles. The van der Waals surface area contributed by atoms with Crippen LogP contribution in [0.4, 0.5) is 8.78 Å². The van der Waals surface area contributed by atoms with E-state index < -0.39 is 23.0 Å². The van der Waals surface area contributed by atoms with Crippen molar-refractivity contribution in [2.24, 2.45) is 0 Å². The second-order valence-electron chi connectivity index (χ2n) is 3.38. The zero-order chi connectivity index (χ0) is 12.9. The number of rotatable bonds is 7. The highest BCUT2D eigenvalue weighted by molar-refractivity contribution is 7.89. The van der Waals surface area contributed by atoms with Crippen molar-refractivity contribution < 1.29 is 17.2 Å². The van der Waals surface area contributed by atoms with Gasteiger partial charge in [-0.1, -0.05) is 6.92 Å². The lowest BCUT2D eigenvalue weighted by Crippen LogP contribution is -2.28. The molecule has 0 bridgehead atoms. The van der Waals surface area contributed by atoms with Gasteiger partial charge >= 0.3 is 0 Å². The van der Waals surface area contributed by atoms with Gasteiger partial charge in [0.1, 0.15) is 0 Å². The molecule has 0 radical (unpaired) electrons. The third-order valence-corrected chi connectivity index (χ3v) is 3.42. The molecule has 3 N–H and O–H groups in total. The lowest BCUT2D eigenvalue weighted by molar-refractivity contribution is 0.153. The fourth-order valence-corrected chi connectivity index (χ4v) is 2.22. The van der Waals surface area contributed by atoms with Gasteiger partial charge in [-0.15, -0.1) is 0 Å². The summed E-state index contributed by atoms with van der Waals surface area (Å²) in [6.07, 6.45) is -1.43. The van der Waals surface area contributed by atoms with E-state index >= 15 is 0 Å². The maximum Gasteiger partial charge on any atom is 0.251 e. The molecule has 0 aromatic carbocycles. The maximum atomic E-state index is 11.9. The van der Waals surface area contributed by atoms with Gasteiger partial charge in [0.15, 0.2) is 0 Å². The molecule has 0 aliphatic heterocycles. The second kappa shape index (κ2) is 6.08. The average molecular weight is 267 g/mol. The van der Waals surface area contributed by atoms with Crippen molar-refractivity contribution in [1.29, 1.82) is 0 Å². The number of sulfonamides is 1. The lowest BCUT2D eigenvalue weighted by atomic mass is 10.4. The number of H-pyrrole nitrogens is 1. The highest BCUT2D eigenvalue weighted by Gasteiger charge is 2.17. The molecule has 0 fully saturated rings. The summed E-state index contributed by atoms with van der Waals surface area (Å²) in [6.45, 7) is 2.30. The predicted octanol–water partition coefficient (Wildman–Crippen LogP) is 0.668. The molecule has 0 spiro atoms. The number of alkyl halides is 2. The van der Waals surface area contributed by atoms with Crippen molar-refractivity contribution in [3.8, 4) is 0 Å². The first-order chi connectivity index (χ1) is 7.95. The van der Waals surface area contributed by atoms with E-state index in [9.17, 15) is 17.2 Å². The molecular weight excluding hydrogens is 252 g/mol. The predicted molar refractivity (Wildman–Crippen MR) is 59.4 cm³/mol. The Labute approximate surface area is 98.7 Å². The van der Waals surface area contributed by atoms with Crippen LogP contribution in [0.15, 0.2) is 17.2 Å². The average Bonchev–Trinajstić information content (AvgIpc) is 2.73. The molecule has 1 aromatic rings. The van der Waals surface area contributed by atoms with Crippen LogP contribution in [-0.2, 0) is 16.6 Å². The van der Waals surface area contributed by atoms with E-state index in [1.165, 1.54) is 12.3 Å². The van der Waals surface area contributed by atoms with E-state index in [4.69, 9.17) is 0 Å². The number of aromatic amines is 1. The molecule has 98 valence electrons. The summed E-state index contributed by atoms with van der Waals surface area (Å²) >= 11 is 0. The molecule has 5 nitrogen and oxygen atoms in total. The summed E-state index contributed by atoms with van der Waals surface area (Å²) in [5.74, 6) is 0. The molecule has 0 saturated heterocycles. The number of aromatic nitrogens is 1. The highest BCUT2D eigenvalue weighted by atomic mass is 32.2. The molecule has 0 aliphatic rings. The number of nitrogens with one attached hydrogen (secondary N) is 3. The first kappa shape index (κ1) is 14.1. The second-order valence-corrected chi connectivity index (χ2v) is 5.15. The lowest BCUT2D eigenvalue weighted by Gasteiger charge is -2.03. The molecule has 1 aromatic heterocycles. The fourth-order valence-electron chi connectivity index (χ4n) is 1.19. The number of halogens is 2. The van der Waals surface area contributed by atoms with Crippen molar-refractivity contribution in [3.63, 3.8) is 0 Å². The molecule has 0 aliphatic carbocycles. The Morgan fingerprint density at radius 3 is 2.76 bits per heavy atom. The van der Waals surface area contributed by atoms with E-state index in [1.807, 2.05) is 11.6 Å². The smallest absolute Gasteiger partial charge is 0.251 e. The topological polar surface area (TPSA) is 74.0 Å². The standard InChI is InChI=1S/C9H15F2N3O2S/c1-2-12-4-7-3-8(5-13-7)17(15,16)14-6-9(10)11/h3,5,9,12-14H,2,4,6H2,1H3. The van der Waals surface area contributed by atoms with Crippen molar-refractivity contribution in [1.82, 2.24) is 15.0 Å². The zero-order valence-corrected chi connectivity index (χ0v) is 10.2. The summed E-state index contributed by atoms with van der Waals surface area (Å²) in [5.41, 5.74) is 0.685. The molecule has 0 unspecified atom stereocenters. The number of hydrogen-bond donors (Lipinski definition) is 3. The van der Waals surface area contributed by atoms with E-state index in [0.717, 1.165) is 6.54 Å². The molecule has 0 saturated carbocycles. The van der Waals surface area contributed by atoms with Crippen molar-refractivity contribution in [2.75, 3.05) is 13.1 Å². The van der Waals surface area contributed by atoms with Gasteiger partial charge in [0, 0.05) is 18.4 Å². The highest BCUT2D eigenvalue weighted by Crippen LogP contribution is 2.10. The zero-order valence-electron chi connectivity index (χ0n) is 9.33. The van der Waals surface area contributed by atoms with Crippen LogP contribution in [-0.4, -0.2) is 32.9 Å². The largest absolute Gasteiger partial charge is 0.363 e. The fraction of sp³-hybridized carbons (Fsp3) is 0.556. The van der Waals surface area contributed by atoms with Gasteiger partial charge in [0.25, 0.3) is 6.43 Å². The molecule has 0 atom stereocenters. The van der Waals surface area contributed by atoms with Gasteiger partial charge in [-0.3, -0.25) is 0 Å². The van der Waals surface area contributed by atoms with Gasteiger partial charge in [-0.25, -0.2) is 21.9 Å². The van der Waals surface area contributed by atoms with Crippen LogP contribution < -0.4 is 10.0 Å². The van der Waals surface area contributed by atoms with Gasteiger partial charge in [-0.05, 0) is 12.6 Å². The summed E-state index contributed by atoms with van der Waals surface area (Å²) in [5, 5.41) is 3.01. The quantitative estimate of drug-likeness (QED) is 0.679. The Balaban J connectivity index is 2.68. The van der Waals surface area contributed by atoms with Crippen molar-refractivity contribution in [2.45, 2.75) is 24.8 Å². The van der Waals surface area contributed by atoms with Crippen LogP contribution >= 0.6 is 0 Å². The van der Waals surface area contributed by atoms with Crippen molar-refractivity contribution >= 4 is 10.0 Å². The van der Waals surface area contributed by atoms with Crippen LogP contribution in [0.1, 0.15) is 12.6 Å². The summed E-state index contributed by atoms with van der Waals surface area (Å²) < 4.78 is 48.7. The van der Waals surface area contributed by atoms with Crippen LogP contribution in [0, 0.1) is 0 Å². The minimum absolute atomic E-state index is 0.0361. The normalized spacial score (nSPS) is 12.2. The van der Waals surface area contributed by atoms with Crippen LogP contribution in [0.2, 0.25) is 0 Å². The first-order valence-corrected chi connectivity index (χ1v) is 6.60. The molecular formula is C9H15F2N3O2S. The van der Waals surface area contributed by atoms with E-state index in [2.05, 4.69) is 10.3 Å². The maximum absolute atomic E-state index is 11.9. The Morgan fingerprint density at radius 1 is 1.47 bits per heavy atom. The van der Waals surface area contributed by atoms with Gasteiger partial charge in [0.2, 0.25) is 10.0 Å². The van der Waals surface area contributed by atoms with Gasteiger partial charge < -0.3 is 10.3 Å². The summed E-state index contributed by atoms with van der Waals surface area (Å²) in [4.78, 5) is 2.73. The van der Waals surface area contributed by atoms with Gasteiger partial charge in [-0.2, -0.15) is 0 Å². The van der Waals surface area contributed by atoms with Crippen molar-refractivity contribution in [3.05, 3.63) is 18.0 Å². The first-order valence-electron chi connectivity index (χ1n) is 5.11. The molecule has 8 heteroatoms. The molecule has 17 heavy (non-hydrogen) atoms. The Morgan fingerprint density at radius 2 is 2.18 bits per heavy atom. The van der Waals surface area contributed by atoms with E-state index in [1.54, 1.807) is 0 Å². The van der Waals surface area contributed by atoms with E-state index in [-0.39, 0.29) is 4.90 Å². The van der Waals surface area contributed by atoms with Crippen LogP contribution in [0.25, 0.3) is 0 Å². The monoisotopic (exact) mass is 267 g/mol. The van der Waals surface area contributed by atoms with E-state index in [0.29, 0.717) is 12.2 Å². The third kappa shape index (κ3) is 4.41. The minimum atomic E-state index is -3.85. The van der Waals surface area contributed by atoms with Crippen LogP contribution in [0.3, 0.4) is 0 Å². The summed E-state index contributed by atoms with van der Waals surface area (Å²) in [7, 11) is -3.85.